The lowest BCUT2D eigenvalue weighted by atomic mass is 10.2. The van der Waals surface area contributed by atoms with E-state index in [1.807, 2.05) is 0 Å². The van der Waals surface area contributed by atoms with Gasteiger partial charge >= 0.3 is 18.0 Å². The van der Waals surface area contributed by atoms with E-state index in [1.54, 1.807) is 20.8 Å². The van der Waals surface area contributed by atoms with Gasteiger partial charge in [-0.2, -0.15) is 12.6 Å². The maximum atomic E-state index is 10.8. The van der Waals surface area contributed by atoms with Crippen molar-refractivity contribution in [2.45, 2.75) is 32.4 Å². The Morgan fingerprint density at radius 1 is 1.35 bits per heavy atom. The van der Waals surface area contributed by atoms with E-state index in [1.165, 1.54) is 7.11 Å². The summed E-state index contributed by atoms with van der Waals surface area (Å²) in [4.78, 5) is 31.1. The average Bonchev–Trinajstić information content (AvgIpc) is 2.33. The monoisotopic (exact) mass is 310 g/mol. The summed E-state index contributed by atoms with van der Waals surface area (Å²) in [6, 6.07) is -0.580. The molecule has 0 aromatic heterocycles. The minimum Gasteiger partial charge on any atom is -0.480 e. The van der Waals surface area contributed by atoms with Gasteiger partial charge in [-0.05, 0) is 20.8 Å². The van der Waals surface area contributed by atoms with E-state index in [0.29, 0.717) is 5.75 Å². The molecule has 0 radical (unpaired) electrons. The van der Waals surface area contributed by atoms with Crippen molar-refractivity contribution in [3.63, 3.8) is 0 Å². The Kier molecular flexibility index (Phi) is 10.8. The number of thiol groups is 1. The first-order valence-electron chi connectivity index (χ1n) is 5.66. The molecule has 0 heterocycles. The Bertz CT molecular complexity index is 329. The molecular formula is C11H22N2O6S. The van der Waals surface area contributed by atoms with Crippen LogP contribution >= 0.6 is 12.6 Å². The number of esters is 1. The van der Waals surface area contributed by atoms with Crippen LogP contribution in [0.4, 0.5) is 4.79 Å². The summed E-state index contributed by atoms with van der Waals surface area (Å²) in [6.07, 6.45) is -0.718. The molecule has 0 bridgehead atoms. The van der Waals surface area contributed by atoms with E-state index in [2.05, 4.69) is 22.7 Å². The Balaban J connectivity index is 0. The van der Waals surface area contributed by atoms with Crippen molar-refractivity contribution in [1.82, 2.24) is 5.32 Å². The summed E-state index contributed by atoms with van der Waals surface area (Å²) >= 11 is 3.78. The molecule has 8 nitrogen and oxygen atoms in total. The van der Waals surface area contributed by atoms with Gasteiger partial charge in [0.1, 0.15) is 18.2 Å². The van der Waals surface area contributed by atoms with E-state index < -0.39 is 36.2 Å². The van der Waals surface area contributed by atoms with Gasteiger partial charge in [-0.25, -0.2) is 4.79 Å². The molecule has 0 spiro atoms. The molecule has 0 aromatic carbocycles. The zero-order valence-electron chi connectivity index (χ0n) is 12.0. The van der Waals surface area contributed by atoms with Crippen LogP contribution in [0.2, 0.25) is 0 Å². The fraction of sp³-hybridized carbons (Fsp3) is 0.727. The summed E-state index contributed by atoms with van der Waals surface area (Å²) < 4.78 is 9.06. The third-order valence-corrected chi connectivity index (χ3v) is 1.88. The second-order valence-electron chi connectivity index (χ2n) is 4.56. The summed E-state index contributed by atoms with van der Waals surface area (Å²) in [6.45, 7) is 4.68. The molecule has 0 aliphatic rings. The molecule has 0 aliphatic heterocycles. The highest BCUT2D eigenvalue weighted by molar-refractivity contribution is 7.80. The molecule has 0 saturated heterocycles. The quantitative estimate of drug-likeness (QED) is 0.425. The molecule has 4 N–H and O–H groups in total. The number of alkyl carbamates (subject to hydrolysis) is 1. The van der Waals surface area contributed by atoms with Gasteiger partial charge in [0.05, 0.1) is 7.11 Å². The number of amides is 1. The lowest BCUT2D eigenvalue weighted by Crippen LogP contribution is -2.35. The number of hydrogen-bond acceptors (Lipinski definition) is 7. The van der Waals surface area contributed by atoms with Crippen LogP contribution in [0.25, 0.3) is 0 Å². The molecule has 1 amide bonds. The number of hydrogen-bond donors (Lipinski definition) is 4. The maximum absolute atomic E-state index is 10.8. The van der Waals surface area contributed by atoms with E-state index in [4.69, 9.17) is 15.6 Å². The van der Waals surface area contributed by atoms with Gasteiger partial charge in [0.2, 0.25) is 0 Å². The lowest BCUT2D eigenvalue weighted by Gasteiger charge is -2.19. The number of nitrogens with two attached hydrogens (primary N) is 1. The molecule has 1 unspecified atom stereocenters. The maximum Gasteiger partial charge on any atom is 0.408 e. The Morgan fingerprint density at radius 2 is 1.85 bits per heavy atom. The second-order valence-corrected chi connectivity index (χ2v) is 4.93. The van der Waals surface area contributed by atoms with Gasteiger partial charge in [0, 0.05) is 5.75 Å². The van der Waals surface area contributed by atoms with Gasteiger partial charge < -0.3 is 25.6 Å². The lowest BCUT2D eigenvalue weighted by molar-refractivity contribution is -0.141. The SMILES string of the molecule is CC(C)(C)OC(=O)NCC(=O)O.COC(=O)C(N)CS. The third-order valence-electron chi connectivity index (χ3n) is 1.48. The number of carbonyl (C=O) groups is 3. The third kappa shape index (κ3) is 14.6. The van der Waals surface area contributed by atoms with Crippen molar-refractivity contribution in [1.29, 1.82) is 0 Å². The number of rotatable bonds is 4. The zero-order valence-corrected chi connectivity index (χ0v) is 12.9. The van der Waals surface area contributed by atoms with Crippen molar-refractivity contribution < 1.29 is 29.0 Å². The average molecular weight is 310 g/mol. The number of nitrogens with one attached hydrogen (secondary N) is 1. The van der Waals surface area contributed by atoms with E-state index >= 15 is 0 Å². The molecule has 118 valence electrons. The summed E-state index contributed by atoms with van der Waals surface area (Å²) in [5.41, 5.74) is 4.58. The van der Waals surface area contributed by atoms with Gasteiger partial charge in [-0.3, -0.25) is 9.59 Å². The van der Waals surface area contributed by atoms with Gasteiger partial charge in [0.25, 0.3) is 0 Å². The van der Waals surface area contributed by atoms with Crippen molar-refractivity contribution in [2.24, 2.45) is 5.73 Å². The fourth-order valence-electron chi connectivity index (χ4n) is 0.688. The fourth-order valence-corrected chi connectivity index (χ4v) is 0.837. The Labute approximate surface area is 123 Å². The van der Waals surface area contributed by atoms with Gasteiger partial charge in [0.15, 0.2) is 0 Å². The topological polar surface area (TPSA) is 128 Å². The summed E-state index contributed by atoms with van der Waals surface area (Å²) in [5, 5.41) is 10.3. The number of ether oxygens (including phenoxy) is 2. The molecule has 0 saturated carbocycles. The molecule has 1 atom stereocenters. The van der Waals surface area contributed by atoms with Crippen LogP contribution in [0.1, 0.15) is 20.8 Å². The van der Waals surface area contributed by atoms with E-state index in [-0.39, 0.29) is 0 Å². The van der Waals surface area contributed by atoms with E-state index in [0.717, 1.165) is 0 Å². The van der Waals surface area contributed by atoms with Crippen molar-refractivity contribution in [3.8, 4) is 0 Å². The minimum absolute atomic E-state index is 0.326. The molecule has 20 heavy (non-hydrogen) atoms. The van der Waals surface area contributed by atoms with Crippen molar-refractivity contribution in [2.75, 3.05) is 19.4 Å². The number of carboxylic acid groups (broad SMARTS) is 1. The Hall–Kier alpha value is -1.48. The highest BCUT2D eigenvalue weighted by Gasteiger charge is 2.16. The van der Waals surface area contributed by atoms with Crippen LogP contribution in [-0.4, -0.2) is 54.2 Å². The largest absolute Gasteiger partial charge is 0.480 e. The smallest absolute Gasteiger partial charge is 0.408 e. The second kappa shape index (κ2) is 10.3. The molecule has 9 heteroatoms. The number of carboxylic acids is 1. The molecule has 0 aliphatic carbocycles. The summed E-state index contributed by atoms with van der Waals surface area (Å²) in [5.74, 6) is -1.19. The highest BCUT2D eigenvalue weighted by atomic mass is 32.1. The predicted octanol–water partition coefficient (Wildman–Crippen LogP) is 0.0122. The van der Waals surface area contributed by atoms with Crippen LogP contribution < -0.4 is 11.1 Å². The number of methoxy groups -OCH3 is 1. The first-order chi connectivity index (χ1) is 9.03. The van der Waals surface area contributed by atoms with Crippen LogP contribution in [0.15, 0.2) is 0 Å². The Morgan fingerprint density at radius 3 is 2.10 bits per heavy atom. The van der Waals surface area contributed by atoms with Crippen molar-refractivity contribution >= 4 is 30.7 Å². The first-order valence-corrected chi connectivity index (χ1v) is 6.29. The summed E-state index contributed by atoms with van der Waals surface area (Å²) in [7, 11) is 1.30. The first kappa shape index (κ1) is 20.8. The highest BCUT2D eigenvalue weighted by Crippen LogP contribution is 2.05. The molecule has 0 fully saturated rings. The van der Waals surface area contributed by atoms with Crippen LogP contribution in [0.5, 0.6) is 0 Å². The molecule has 0 aromatic rings. The molecule has 0 rings (SSSR count). The number of carbonyl (C=O) groups excluding carboxylic acids is 2. The van der Waals surface area contributed by atoms with Crippen LogP contribution in [0.3, 0.4) is 0 Å². The zero-order chi connectivity index (χ0) is 16.3. The van der Waals surface area contributed by atoms with Crippen molar-refractivity contribution in [3.05, 3.63) is 0 Å². The predicted molar refractivity (Wildman–Crippen MR) is 75.7 cm³/mol. The molecular weight excluding hydrogens is 288 g/mol. The standard InChI is InChI=1S/C7H13NO4.C4H9NO2S/c1-7(2,3)12-6(11)8-4-5(9)10;1-7-4(6)3(5)2-8/h4H2,1-3H3,(H,8,11)(H,9,10);3,8H,2,5H2,1H3. The van der Waals surface area contributed by atoms with Gasteiger partial charge in [-0.1, -0.05) is 0 Å². The normalized spacial score (nSPS) is 11.5. The van der Waals surface area contributed by atoms with Crippen LogP contribution in [-0.2, 0) is 19.1 Å². The van der Waals surface area contributed by atoms with Gasteiger partial charge in [-0.15, -0.1) is 0 Å². The van der Waals surface area contributed by atoms with E-state index in [9.17, 15) is 14.4 Å². The minimum atomic E-state index is -1.10. The van der Waals surface area contributed by atoms with Crippen LogP contribution in [0, 0.1) is 0 Å². The number of aliphatic carboxylic acids is 1.